The fraction of sp³-hybridized carbons (Fsp3) is 0.556. The van der Waals surface area contributed by atoms with Gasteiger partial charge in [-0.3, -0.25) is 0 Å². The molecule has 1 N–H and O–H groups in total. The first-order valence-electron chi connectivity index (χ1n) is 7.93. The predicted octanol–water partition coefficient (Wildman–Crippen LogP) is 5.25. The minimum atomic E-state index is 0.577. The molecule has 2 heteroatoms. The number of allylic oxidation sites excluding steroid dienone is 1. The Labute approximate surface area is 132 Å². The van der Waals surface area contributed by atoms with Crippen LogP contribution in [0.3, 0.4) is 0 Å². The molecule has 0 fully saturated rings. The van der Waals surface area contributed by atoms with E-state index in [4.69, 9.17) is 0 Å². The smallest absolute Gasteiger partial charge is 0.0178 e. The van der Waals surface area contributed by atoms with Crippen LogP contribution < -0.4 is 5.32 Å². The average Bonchev–Trinajstić information content (AvgIpc) is 2.46. The first kappa shape index (κ1) is 15.8. The maximum absolute atomic E-state index is 3.73. The molecule has 1 atom stereocenters. The zero-order valence-corrected chi connectivity index (χ0v) is 14.1. The van der Waals surface area contributed by atoms with E-state index in [1.807, 2.05) is 0 Å². The van der Waals surface area contributed by atoms with Gasteiger partial charge in [-0.2, -0.15) is 0 Å². The van der Waals surface area contributed by atoms with Crippen molar-refractivity contribution in [3.8, 4) is 0 Å². The number of benzene rings is 1. The predicted molar refractivity (Wildman–Crippen MR) is 91.1 cm³/mol. The van der Waals surface area contributed by atoms with Gasteiger partial charge in [0.1, 0.15) is 0 Å². The lowest BCUT2D eigenvalue weighted by atomic mass is 9.92. The van der Waals surface area contributed by atoms with E-state index in [0.717, 1.165) is 13.0 Å². The highest BCUT2D eigenvalue weighted by Crippen LogP contribution is 2.23. The third kappa shape index (κ3) is 5.41. The summed E-state index contributed by atoms with van der Waals surface area (Å²) in [7, 11) is 0. The highest BCUT2D eigenvalue weighted by molar-refractivity contribution is 9.10. The molecule has 1 aromatic carbocycles. The minimum Gasteiger partial charge on any atom is -0.313 e. The molecule has 1 unspecified atom stereocenters. The van der Waals surface area contributed by atoms with Crippen LogP contribution in [0.2, 0.25) is 0 Å². The van der Waals surface area contributed by atoms with Crippen molar-refractivity contribution in [1.82, 2.24) is 5.32 Å². The highest BCUT2D eigenvalue weighted by atomic mass is 79.9. The zero-order chi connectivity index (χ0) is 14.2. The van der Waals surface area contributed by atoms with E-state index in [9.17, 15) is 0 Å². The summed E-state index contributed by atoms with van der Waals surface area (Å²) in [6, 6.07) is 9.29. The molecule has 0 amide bonds. The lowest BCUT2D eigenvalue weighted by Crippen LogP contribution is -2.32. The van der Waals surface area contributed by atoms with Crippen molar-refractivity contribution in [3.63, 3.8) is 0 Å². The second kappa shape index (κ2) is 8.63. The van der Waals surface area contributed by atoms with Gasteiger partial charge in [0.05, 0.1) is 0 Å². The average molecular weight is 336 g/mol. The van der Waals surface area contributed by atoms with Gasteiger partial charge in [-0.1, -0.05) is 46.6 Å². The monoisotopic (exact) mass is 335 g/mol. The van der Waals surface area contributed by atoms with Crippen molar-refractivity contribution < 1.29 is 0 Å². The fourth-order valence-electron chi connectivity index (χ4n) is 2.92. The van der Waals surface area contributed by atoms with Crippen molar-refractivity contribution in [2.24, 2.45) is 0 Å². The van der Waals surface area contributed by atoms with Crippen molar-refractivity contribution >= 4 is 15.9 Å². The molecule has 0 radical (unpaired) electrons. The third-order valence-electron chi connectivity index (χ3n) is 3.95. The first-order chi connectivity index (χ1) is 9.78. The van der Waals surface area contributed by atoms with Gasteiger partial charge in [-0.25, -0.2) is 0 Å². The molecule has 0 spiro atoms. The van der Waals surface area contributed by atoms with Gasteiger partial charge < -0.3 is 5.32 Å². The summed E-state index contributed by atoms with van der Waals surface area (Å²) in [5, 5.41) is 3.73. The molecule has 0 saturated heterocycles. The molecule has 0 saturated carbocycles. The summed E-state index contributed by atoms with van der Waals surface area (Å²) in [6.45, 7) is 3.36. The third-order valence-corrected chi connectivity index (χ3v) is 4.44. The summed E-state index contributed by atoms with van der Waals surface area (Å²) in [4.78, 5) is 0. The van der Waals surface area contributed by atoms with E-state index in [2.05, 4.69) is 58.5 Å². The number of nitrogens with one attached hydrogen (secondary N) is 1. The van der Waals surface area contributed by atoms with Gasteiger partial charge in [0.15, 0.2) is 0 Å². The van der Waals surface area contributed by atoms with E-state index in [1.54, 1.807) is 5.57 Å². The van der Waals surface area contributed by atoms with E-state index in [-0.39, 0.29) is 0 Å². The van der Waals surface area contributed by atoms with E-state index >= 15 is 0 Å². The summed E-state index contributed by atoms with van der Waals surface area (Å²) < 4.78 is 1.18. The second-order valence-corrected chi connectivity index (χ2v) is 6.71. The molecule has 0 aromatic heterocycles. The van der Waals surface area contributed by atoms with E-state index in [1.165, 1.54) is 48.6 Å². The van der Waals surface area contributed by atoms with Gasteiger partial charge in [0.2, 0.25) is 0 Å². The number of rotatable bonds is 7. The molecule has 0 bridgehead atoms. The maximum atomic E-state index is 3.73. The van der Waals surface area contributed by atoms with Crippen molar-refractivity contribution in [3.05, 3.63) is 46.0 Å². The van der Waals surface area contributed by atoms with Crippen LogP contribution in [0.5, 0.6) is 0 Å². The van der Waals surface area contributed by atoms with Crippen LogP contribution >= 0.6 is 15.9 Å². The zero-order valence-electron chi connectivity index (χ0n) is 12.5. The summed E-state index contributed by atoms with van der Waals surface area (Å²) >= 11 is 3.57. The van der Waals surface area contributed by atoms with Crippen molar-refractivity contribution in [2.45, 2.75) is 57.9 Å². The number of hydrogen-bond donors (Lipinski definition) is 1. The molecule has 1 aromatic rings. The largest absolute Gasteiger partial charge is 0.313 e. The Morgan fingerprint density at radius 3 is 2.85 bits per heavy atom. The van der Waals surface area contributed by atoms with Gasteiger partial charge in [0.25, 0.3) is 0 Å². The molecular weight excluding hydrogens is 310 g/mol. The first-order valence-corrected chi connectivity index (χ1v) is 8.73. The van der Waals surface area contributed by atoms with Crippen LogP contribution in [0.25, 0.3) is 0 Å². The maximum Gasteiger partial charge on any atom is 0.0178 e. The van der Waals surface area contributed by atoms with Crippen LogP contribution in [0.15, 0.2) is 40.4 Å². The van der Waals surface area contributed by atoms with Gasteiger partial charge in [0, 0.05) is 10.5 Å². The van der Waals surface area contributed by atoms with Crippen LogP contribution in [-0.2, 0) is 6.42 Å². The van der Waals surface area contributed by atoms with E-state index < -0.39 is 0 Å². The Balaban J connectivity index is 1.97. The molecule has 110 valence electrons. The van der Waals surface area contributed by atoms with Crippen molar-refractivity contribution in [1.29, 1.82) is 0 Å². The SMILES string of the molecule is CCCNC(CC1=CCCCC1)Cc1cccc(Br)c1. The Hall–Kier alpha value is -0.600. The molecule has 1 aliphatic rings. The normalized spacial score (nSPS) is 16.8. The molecule has 0 heterocycles. The lowest BCUT2D eigenvalue weighted by Gasteiger charge is -2.22. The lowest BCUT2D eigenvalue weighted by molar-refractivity contribution is 0.490. The summed E-state index contributed by atoms with van der Waals surface area (Å²) in [5.74, 6) is 0. The quantitative estimate of drug-likeness (QED) is 0.671. The Kier molecular flexibility index (Phi) is 6.81. The molecule has 2 rings (SSSR count). The molecule has 1 aliphatic carbocycles. The van der Waals surface area contributed by atoms with Gasteiger partial charge >= 0.3 is 0 Å². The fourth-order valence-corrected chi connectivity index (χ4v) is 3.37. The standard InChI is InChI=1S/C18H26BrN/c1-2-11-20-18(13-15-7-4-3-5-8-15)14-16-9-6-10-17(19)12-16/h6-7,9-10,12,18,20H,2-5,8,11,13-14H2,1H3. The Morgan fingerprint density at radius 2 is 2.15 bits per heavy atom. The second-order valence-electron chi connectivity index (χ2n) is 5.80. The topological polar surface area (TPSA) is 12.0 Å². The molecule has 0 aliphatic heterocycles. The molecule has 1 nitrogen and oxygen atoms in total. The number of halogens is 1. The number of hydrogen-bond acceptors (Lipinski definition) is 1. The van der Waals surface area contributed by atoms with Crippen LogP contribution in [-0.4, -0.2) is 12.6 Å². The van der Waals surface area contributed by atoms with E-state index in [0.29, 0.717) is 6.04 Å². The van der Waals surface area contributed by atoms with Crippen LogP contribution in [0, 0.1) is 0 Å². The van der Waals surface area contributed by atoms with Gasteiger partial charge in [-0.05, 0) is 69.2 Å². The summed E-state index contributed by atoms with van der Waals surface area (Å²) in [6.07, 6.45) is 11.4. The Bertz CT molecular complexity index is 439. The summed E-state index contributed by atoms with van der Waals surface area (Å²) in [5.41, 5.74) is 3.09. The highest BCUT2D eigenvalue weighted by Gasteiger charge is 2.13. The molecular formula is C18H26BrN. The van der Waals surface area contributed by atoms with Gasteiger partial charge in [-0.15, -0.1) is 0 Å². The minimum absolute atomic E-state index is 0.577. The van der Waals surface area contributed by atoms with Crippen LogP contribution in [0.1, 0.15) is 51.0 Å². The Morgan fingerprint density at radius 1 is 1.25 bits per heavy atom. The van der Waals surface area contributed by atoms with Crippen LogP contribution in [0.4, 0.5) is 0 Å². The molecule has 20 heavy (non-hydrogen) atoms. The van der Waals surface area contributed by atoms with Crippen molar-refractivity contribution in [2.75, 3.05) is 6.54 Å².